The van der Waals surface area contributed by atoms with Crippen molar-refractivity contribution in [3.05, 3.63) is 72.3 Å². The number of piperidine rings is 1. The van der Waals surface area contributed by atoms with E-state index in [2.05, 4.69) is 32.1 Å². The second-order valence-corrected chi connectivity index (χ2v) is 11.4. The molecule has 2 aliphatic heterocycles. The van der Waals surface area contributed by atoms with Crippen LogP contribution in [0.5, 0.6) is 0 Å². The molecule has 8 nitrogen and oxygen atoms in total. The van der Waals surface area contributed by atoms with Crippen molar-refractivity contribution in [3.8, 4) is 0 Å². The van der Waals surface area contributed by atoms with Gasteiger partial charge in [-0.1, -0.05) is 35.9 Å². The lowest BCUT2D eigenvalue weighted by atomic mass is 9.95. The largest absolute Gasteiger partial charge is 0.368 e. The van der Waals surface area contributed by atoms with Crippen LogP contribution in [-0.4, -0.2) is 68.7 Å². The Hall–Kier alpha value is -3.46. The molecule has 1 amide bonds. The molecule has 3 aromatic rings. The Bertz CT molecular complexity index is 1280. The van der Waals surface area contributed by atoms with Gasteiger partial charge in [0.15, 0.2) is 10.8 Å². The summed E-state index contributed by atoms with van der Waals surface area (Å²) in [5.74, 6) is 0.895. The molecule has 3 heterocycles. The number of sulfone groups is 1. The van der Waals surface area contributed by atoms with Crippen molar-refractivity contribution in [3.63, 3.8) is 0 Å². The quantitative estimate of drug-likeness (QED) is 0.526. The molecule has 188 valence electrons. The Kier molecular flexibility index (Phi) is 6.91. The number of amides is 1. The van der Waals surface area contributed by atoms with Crippen LogP contribution in [0.2, 0.25) is 0 Å². The van der Waals surface area contributed by atoms with E-state index in [4.69, 9.17) is 0 Å². The molecule has 0 bridgehead atoms. The first-order valence-electron chi connectivity index (χ1n) is 12.4. The monoisotopic (exact) mass is 505 g/mol. The van der Waals surface area contributed by atoms with E-state index < -0.39 is 9.84 Å². The molecule has 2 saturated heterocycles. The van der Waals surface area contributed by atoms with Crippen LogP contribution in [0.15, 0.2) is 76.7 Å². The van der Waals surface area contributed by atoms with Crippen molar-refractivity contribution in [1.29, 1.82) is 0 Å². The summed E-state index contributed by atoms with van der Waals surface area (Å²) in [5, 5.41) is 8.17. The Morgan fingerprint density at radius 2 is 1.44 bits per heavy atom. The third-order valence-electron chi connectivity index (χ3n) is 7.11. The lowest BCUT2D eigenvalue weighted by molar-refractivity contribution is -0.136. The number of hydrogen-bond donors (Lipinski definition) is 0. The molecule has 2 fully saturated rings. The van der Waals surface area contributed by atoms with Crippen LogP contribution in [0.25, 0.3) is 0 Å². The van der Waals surface area contributed by atoms with Gasteiger partial charge in [0, 0.05) is 50.9 Å². The zero-order chi connectivity index (χ0) is 25.1. The molecular formula is C27H31N5O3S. The summed E-state index contributed by atoms with van der Waals surface area (Å²) in [6.07, 6.45) is 1.51. The molecule has 36 heavy (non-hydrogen) atoms. The second kappa shape index (κ2) is 10.3. The van der Waals surface area contributed by atoms with E-state index in [0.29, 0.717) is 18.9 Å². The third kappa shape index (κ3) is 5.06. The highest BCUT2D eigenvalue weighted by Crippen LogP contribution is 2.26. The minimum absolute atomic E-state index is 0.0127. The van der Waals surface area contributed by atoms with Crippen LogP contribution in [0.4, 0.5) is 11.5 Å². The predicted molar refractivity (Wildman–Crippen MR) is 139 cm³/mol. The summed E-state index contributed by atoms with van der Waals surface area (Å²) in [4.78, 5) is 19.8. The second-order valence-electron chi connectivity index (χ2n) is 9.46. The van der Waals surface area contributed by atoms with E-state index in [1.807, 2.05) is 30.0 Å². The molecule has 0 radical (unpaired) electrons. The van der Waals surface area contributed by atoms with Crippen LogP contribution >= 0.6 is 0 Å². The number of aromatic nitrogens is 2. The zero-order valence-corrected chi connectivity index (χ0v) is 21.3. The van der Waals surface area contributed by atoms with E-state index in [1.165, 1.54) is 11.8 Å². The van der Waals surface area contributed by atoms with Gasteiger partial charge >= 0.3 is 0 Å². The van der Waals surface area contributed by atoms with E-state index >= 15 is 0 Å². The van der Waals surface area contributed by atoms with Gasteiger partial charge in [-0.15, -0.1) is 10.2 Å². The molecular weight excluding hydrogens is 474 g/mol. The van der Waals surface area contributed by atoms with Gasteiger partial charge < -0.3 is 14.7 Å². The highest BCUT2D eigenvalue weighted by Gasteiger charge is 2.31. The van der Waals surface area contributed by atoms with Gasteiger partial charge in [-0.2, -0.15) is 0 Å². The molecule has 5 rings (SSSR count). The smallest absolute Gasteiger partial charge is 0.225 e. The Balaban J connectivity index is 1.15. The van der Waals surface area contributed by atoms with Crippen molar-refractivity contribution in [1.82, 2.24) is 15.1 Å². The molecule has 0 N–H and O–H groups in total. The summed E-state index contributed by atoms with van der Waals surface area (Å²) in [6, 6.07) is 20.3. The molecule has 1 aromatic heterocycles. The third-order valence-corrected chi connectivity index (χ3v) is 8.77. The van der Waals surface area contributed by atoms with Crippen molar-refractivity contribution < 1.29 is 13.2 Å². The van der Waals surface area contributed by atoms with Gasteiger partial charge in [0.2, 0.25) is 15.7 Å². The van der Waals surface area contributed by atoms with E-state index in [1.54, 1.807) is 30.3 Å². The number of piperazine rings is 1. The van der Waals surface area contributed by atoms with Crippen LogP contribution in [-0.2, 0) is 14.6 Å². The van der Waals surface area contributed by atoms with Gasteiger partial charge in [-0.05, 0) is 56.2 Å². The fourth-order valence-corrected chi connectivity index (χ4v) is 6.03. The average molecular weight is 506 g/mol. The first-order valence-corrected chi connectivity index (χ1v) is 13.9. The predicted octanol–water partition coefficient (Wildman–Crippen LogP) is 3.18. The number of para-hydroxylation sites is 1. The first kappa shape index (κ1) is 24.2. The maximum Gasteiger partial charge on any atom is 0.225 e. The molecule has 2 aliphatic rings. The van der Waals surface area contributed by atoms with Gasteiger partial charge in [0.25, 0.3) is 0 Å². The number of anilines is 2. The maximum atomic E-state index is 13.1. The van der Waals surface area contributed by atoms with E-state index in [0.717, 1.165) is 44.6 Å². The van der Waals surface area contributed by atoms with E-state index in [9.17, 15) is 13.2 Å². The summed E-state index contributed by atoms with van der Waals surface area (Å²) in [6.45, 7) is 6.49. The van der Waals surface area contributed by atoms with Crippen molar-refractivity contribution in [2.24, 2.45) is 5.92 Å². The van der Waals surface area contributed by atoms with Crippen LogP contribution in [0, 0.1) is 12.8 Å². The van der Waals surface area contributed by atoms with Crippen molar-refractivity contribution in [2.45, 2.75) is 29.7 Å². The van der Waals surface area contributed by atoms with Crippen molar-refractivity contribution in [2.75, 3.05) is 49.1 Å². The van der Waals surface area contributed by atoms with Gasteiger partial charge in [-0.25, -0.2) is 8.42 Å². The maximum absolute atomic E-state index is 13.1. The first-order chi connectivity index (χ1) is 17.4. The average Bonchev–Trinajstić information content (AvgIpc) is 2.94. The lowest BCUT2D eigenvalue weighted by Crippen LogP contribution is -2.51. The molecule has 9 heteroatoms. The molecule has 0 unspecified atom stereocenters. The molecule has 0 aliphatic carbocycles. The number of hydrogen-bond acceptors (Lipinski definition) is 7. The van der Waals surface area contributed by atoms with Crippen LogP contribution in [0.3, 0.4) is 0 Å². The summed E-state index contributed by atoms with van der Waals surface area (Å²) in [7, 11) is -3.70. The summed E-state index contributed by atoms with van der Waals surface area (Å²) in [5.41, 5.74) is 2.20. The van der Waals surface area contributed by atoms with Crippen LogP contribution in [0.1, 0.15) is 18.4 Å². The normalized spacial score (nSPS) is 17.3. The Labute approximate surface area is 212 Å². The van der Waals surface area contributed by atoms with Gasteiger partial charge in [0.1, 0.15) is 0 Å². The van der Waals surface area contributed by atoms with Crippen LogP contribution < -0.4 is 9.80 Å². The zero-order valence-electron chi connectivity index (χ0n) is 20.5. The Morgan fingerprint density at radius 3 is 2.06 bits per heavy atom. The number of carbonyl (C=O) groups is 1. The summed E-state index contributed by atoms with van der Waals surface area (Å²) < 4.78 is 25.7. The summed E-state index contributed by atoms with van der Waals surface area (Å²) >= 11 is 0. The Morgan fingerprint density at radius 1 is 0.778 bits per heavy atom. The lowest BCUT2D eigenvalue weighted by Gasteiger charge is -2.39. The minimum Gasteiger partial charge on any atom is -0.368 e. The fourth-order valence-electron chi connectivity index (χ4n) is 4.90. The molecule has 0 saturated carbocycles. The number of nitrogens with zero attached hydrogens (tertiary/aromatic N) is 5. The molecule has 2 aromatic carbocycles. The highest BCUT2D eigenvalue weighted by molar-refractivity contribution is 7.91. The van der Waals surface area contributed by atoms with E-state index in [-0.39, 0.29) is 21.7 Å². The topological polar surface area (TPSA) is 86.7 Å². The fraction of sp³-hybridized carbons (Fsp3) is 0.370. The number of rotatable bonds is 5. The van der Waals surface area contributed by atoms with Crippen molar-refractivity contribution >= 4 is 27.2 Å². The number of benzene rings is 2. The minimum atomic E-state index is -3.70. The highest BCUT2D eigenvalue weighted by atomic mass is 32.2. The van der Waals surface area contributed by atoms with Gasteiger partial charge in [-0.3, -0.25) is 4.79 Å². The van der Waals surface area contributed by atoms with Gasteiger partial charge in [0.05, 0.1) is 4.90 Å². The molecule has 0 spiro atoms. The number of aryl methyl sites for hydroxylation is 1. The standard InChI is InChI=1S/C27H31N5O3S/c1-21-7-9-24(10-8-21)36(34,35)26-12-11-25(28-29-26)31-15-13-22(14-16-31)27(33)32-19-17-30(18-20-32)23-5-3-2-4-6-23/h2-12,22H,13-20H2,1H3. The number of carbonyl (C=O) groups excluding carboxylic acids is 1. The SMILES string of the molecule is Cc1ccc(S(=O)(=O)c2ccc(N3CCC(C(=O)N4CCN(c5ccccc5)CC4)CC3)nn2)cc1. The molecule has 0 atom stereocenters.